The molecule has 2 amide bonds. The molecule has 0 spiro atoms. The minimum Gasteiger partial charge on any atom is -0.496 e. The van der Waals surface area contributed by atoms with Gasteiger partial charge in [0.05, 0.1) is 17.9 Å². The second kappa shape index (κ2) is 8.05. The van der Waals surface area contributed by atoms with Gasteiger partial charge in [-0.25, -0.2) is 0 Å². The lowest BCUT2D eigenvalue weighted by Gasteiger charge is -2.10. The summed E-state index contributed by atoms with van der Waals surface area (Å²) in [4.78, 5) is 35.1. The van der Waals surface area contributed by atoms with Crippen LogP contribution in [0.2, 0.25) is 0 Å². The molecular formula is C19H17NO5S. The van der Waals surface area contributed by atoms with Gasteiger partial charge in [0.25, 0.3) is 5.24 Å². The third-order valence-electron chi connectivity index (χ3n) is 3.89. The SMILES string of the molecule is COc1ccccc1C(=O)COc1ccc(C[C@H]2SC(=O)NC2=O)cc1. The van der Waals surface area contributed by atoms with E-state index in [1.807, 2.05) is 12.1 Å². The van der Waals surface area contributed by atoms with E-state index >= 15 is 0 Å². The molecule has 1 saturated heterocycles. The van der Waals surface area contributed by atoms with Crippen LogP contribution in [0.5, 0.6) is 11.5 Å². The predicted molar refractivity (Wildman–Crippen MR) is 97.9 cm³/mol. The van der Waals surface area contributed by atoms with Crippen LogP contribution < -0.4 is 14.8 Å². The number of benzene rings is 2. The fourth-order valence-electron chi connectivity index (χ4n) is 2.57. The number of thioether (sulfide) groups is 1. The highest BCUT2D eigenvalue weighted by Crippen LogP contribution is 2.24. The Kier molecular flexibility index (Phi) is 5.58. The number of amides is 2. The van der Waals surface area contributed by atoms with Crippen LogP contribution in [0.3, 0.4) is 0 Å². The van der Waals surface area contributed by atoms with Crippen LogP contribution in [0.4, 0.5) is 4.79 Å². The summed E-state index contributed by atoms with van der Waals surface area (Å²) in [7, 11) is 1.52. The van der Waals surface area contributed by atoms with E-state index in [0.29, 0.717) is 23.5 Å². The number of para-hydroxylation sites is 1. The first-order valence-electron chi connectivity index (χ1n) is 7.96. The molecule has 2 aromatic rings. The number of methoxy groups -OCH3 is 1. The summed E-state index contributed by atoms with van der Waals surface area (Å²) in [5.74, 6) is 0.627. The topological polar surface area (TPSA) is 81.7 Å². The minimum absolute atomic E-state index is 0.102. The van der Waals surface area contributed by atoms with Crippen molar-refractivity contribution in [1.29, 1.82) is 0 Å². The number of carbonyl (C=O) groups excluding carboxylic acids is 3. The molecule has 3 rings (SSSR count). The van der Waals surface area contributed by atoms with Crippen molar-refractivity contribution in [3.8, 4) is 11.5 Å². The number of imide groups is 1. The van der Waals surface area contributed by atoms with E-state index in [1.165, 1.54) is 7.11 Å². The van der Waals surface area contributed by atoms with Crippen molar-refractivity contribution in [3.05, 3.63) is 59.7 Å². The molecule has 1 aliphatic rings. The maximum absolute atomic E-state index is 12.3. The number of ketones is 1. The van der Waals surface area contributed by atoms with Gasteiger partial charge in [0, 0.05) is 0 Å². The van der Waals surface area contributed by atoms with Gasteiger partial charge in [-0.05, 0) is 36.2 Å². The van der Waals surface area contributed by atoms with Crippen molar-refractivity contribution in [1.82, 2.24) is 5.32 Å². The molecule has 1 atom stereocenters. The molecular weight excluding hydrogens is 354 g/mol. The smallest absolute Gasteiger partial charge is 0.286 e. The predicted octanol–water partition coefficient (Wildman–Crippen LogP) is 2.85. The van der Waals surface area contributed by atoms with Crippen molar-refractivity contribution in [2.75, 3.05) is 13.7 Å². The van der Waals surface area contributed by atoms with Crippen LogP contribution in [-0.2, 0) is 11.2 Å². The highest BCUT2D eigenvalue weighted by atomic mass is 32.2. The standard InChI is InChI=1S/C19H17NO5S/c1-24-16-5-3-2-4-14(16)15(21)11-25-13-8-6-12(7-9-13)10-17-18(22)20-19(23)26-17/h2-9,17H,10-11H2,1H3,(H,20,22,23)/t17-/m1/s1. The average Bonchev–Trinajstić information content (AvgIpc) is 2.97. The van der Waals surface area contributed by atoms with Crippen LogP contribution in [0.25, 0.3) is 0 Å². The lowest BCUT2D eigenvalue weighted by molar-refractivity contribution is -0.118. The molecule has 0 saturated carbocycles. The summed E-state index contributed by atoms with van der Waals surface area (Å²) >= 11 is 1.00. The zero-order valence-corrected chi connectivity index (χ0v) is 14.9. The van der Waals surface area contributed by atoms with Crippen LogP contribution in [0, 0.1) is 0 Å². The van der Waals surface area contributed by atoms with Crippen LogP contribution in [0.1, 0.15) is 15.9 Å². The van der Waals surface area contributed by atoms with E-state index in [9.17, 15) is 14.4 Å². The number of Topliss-reactive ketones (excluding diaryl/α,β-unsaturated/α-hetero) is 1. The molecule has 1 heterocycles. The first kappa shape index (κ1) is 18.0. The first-order valence-corrected chi connectivity index (χ1v) is 8.84. The number of ether oxygens (including phenoxy) is 2. The molecule has 26 heavy (non-hydrogen) atoms. The number of rotatable bonds is 7. The van der Waals surface area contributed by atoms with Crippen molar-refractivity contribution >= 4 is 28.7 Å². The molecule has 1 N–H and O–H groups in total. The second-order valence-corrected chi connectivity index (χ2v) is 6.82. The van der Waals surface area contributed by atoms with Crippen LogP contribution in [0.15, 0.2) is 48.5 Å². The number of hydrogen-bond donors (Lipinski definition) is 1. The normalized spacial score (nSPS) is 16.3. The Labute approximate surface area is 154 Å². The van der Waals surface area contributed by atoms with Gasteiger partial charge in [-0.15, -0.1) is 0 Å². The molecule has 0 bridgehead atoms. The summed E-state index contributed by atoms with van der Waals surface area (Å²) in [5.41, 5.74) is 1.39. The highest BCUT2D eigenvalue weighted by Gasteiger charge is 2.31. The van der Waals surface area contributed by atoms with Gasteiger partial charge >= 0.3 is 0 Å². The summed E-state index contributed by atoms with van der Waals surface area (Å²) in [5, 5.41) is 1.56. The van der Waals surface area contributed by atoms with Gasteiger partial charge < -0.3 is 9.47 Å². The summed E-state index contributed by atoms with van der Waals surface area (Å²) < 4.78 is 10.7. The molecule has 7 heteroatoms. The molecule has 0 unspecified atom stereocenters. The molecule has 1 fully saturated rings. The van der Waals surface area contributed by atoms with E-state index in [1.54, 1.807) is 36.4 Å². The zero-order valence-electron chi connectivity index (χ0n) is 14.1. The molecule has 0 radical (unpaired) electrons. The third-order valence-corrected chi connectivity index (χ3v) is 4.87. The Hall–Kier alpha value is -2.80. The van der Waals surface area contributed by atoms with Crippen molar-refractivity contribution in [2.24, 2.45) is 0 Å². The van der Waals surface area contributed by atoms with Crippen molar-refractivity contribution in [2.45, 2.75) is 11.7 Å². The van der Waals surface area contributed by atoms with Gasteiger partial charge in [0.15, 0.2) is 6.61 Å². The van der Waals surface area contributed by atoms with Gasteiger partial charge in [0.2, 0.25) is 11.7 Å². The average molecular weight is 371 g/mol. The second-order valence-electron chi connectivity index (χ2n) is 5.64. The van der Waals surface area contributed by atoms with Crippen molar-refractivity contribution in [3.63, 3.8) is 0 Å². The van der Waals surface area contributed by atoms with E-state index in [-0.39, 0.29) is 23.5 Å². The third kappa shape index (κ3) is 4.23. The fraction of sp³-hybridized carbons (Fsp3) is 0.211. The van der Waals surface area contributed by atoms with Gasteiger partial charge in [-0.3, -0.25) is 19.7 Å². The van der Waals surface area contributed by atoms with E-state index in [2.05, 4.69) is 5.32 Å². The number of nitrogens with one attached hydrogen (secondary N) is 1. The van der Waals surface area contributed by atoms with Gasteiger partial charge in [0.1, 0.15) is 11.5 Å². The van der Waals surface area contributed by atoms with Crippen LogP contribution in [-0.4, -0.2) is 35.9 Å². The molecule has 134 valence electrons. The van der Waals surface area contributed by atoms with Gasteiger partial charge in [-0.2, -0.15) is 0 Å². The number of carbonyl (C=O) groups is 3. The molecule has 2 aromatic carbocycles. The lowest BCUT2D eigenvalue weighted by Crippen LogP contribution is -2.25. The minimum atomic E-state index is -0.401. The first-order chi connectivity index (χ1) is 12.6. The molecule has 0 aliphatic carbocycles. The quantitative estimate of drug-likeness (QED) is 0.754. The molecule has 1 aliphatic heterocycles. The van der Waals surface area contributed by atoms with E-state index in [4.69, 9.17) is 9.47 Å². The Morgan fingerprint density at radius 2 is 1.85 bits per heavy atom. The summed E-state index contributed by atoms with van der Waals surface area (Å²) in [6, 6.07) is 14.1. The van der Waals surface area contributed by atoms with E-state index < -0.39 is 5.25 Å². The molecule has 6 nitrogen and oxygen atoms in total. The number of hydrogen-bond acceptors (Lipinski definition) is 6. The van der Waals surface area contributed by atoms with Crippen molar-refractivity contribution < 1.29 is 23.9 Å². The maximum atomic E-state index is 12.3. The summed E-state index contributed by atoms with van der Waals surface area (Å²) in [6.45, 7) is -0.102. The Bertz CT molecular complexity index is 834. The zero-order chi connectivity index (χ0) is 18.5. The maximum Gasteiger partial charge on any atom is 0.286 e. The molecule has 0 aromatic heterocycles. The summed E-state index contributed by atoms with van der Waals surface area (Å²) in [6.07, 6.45) is 0.461. The van der Waals surface area contributed by atoms with E-state index in [0.717, 1.165) is 17.3 Å². The highest BCUT2D eigenvalue weighted by molar-refractivity contribution is 8.15. The van der Waals surface area contributed by atoms with Crippen LogP contribution >= 0.6 is 11.8 Å². The lowest BCUT2D eigenvalue weighted by atomic mass is 10.1. The Morgan fingerprint density at radius 3 is 2.50 bits per heavy atom. The Morgan fingerprint density at radius 1 is 1.12 bits per heavy atom. The van der Waals surface area contributed by atoms with Gasteiger partial charge in [-0.1, -0.05) is 36.0 Å². The fourth-order valence-corrected chi connectivity index (χ4v) is 3.42. The Balaban J connectivity index is 1.57. The largest absolute Gasteiger partial charge is 0.496 e. The monoisotopic (exact) mass is 371 g/mol.